The van der Waals surface area contributed by atoms with Crippen molar-refractivity contribution in [1.29, 1.82) is 0 Å². The fourth-order valence-corrected chi connectivity index (χ4v) is 1.38. The second-order valence-electron chi connectivity index (χ2n) is 3.67. The molecule has 16 heavy (non-hydrogen) atoms. The Labute approximate surface area is 94.4 Å². The number of hydrogen-bond acceptors (Lipinski definition) is 3. The van der Waals surface area contributed by atoms with E-state index in [1.807, 2.05) is 6.92 Å². The summed E-state index contributed by atoms with van der Waals surface area (Å²) in [5, 5.41) is 8.68. The molecule has 0 spiro atoms. The summed E-state index contributed by atoms with van der Waals surface area (Å²) in [4.78, 5) is 12.6. The maximum absolute atomic E-state index is 12.2. The minimum Gasteiger partial charge on any atom is -0.395 e. The lowest BCUT2D eigenvalue weighted by Crippen LogP contribution is -2.38. The standard InChI is InChI=1S/C10H20F2N2O2/c1-2-8(6-13)5-10(16)14(3-4-15)7-9(11)12/h8-9,15H,2-7,13H2,1H3. The first kappa shape index (κ1) is 15.2. The lowest BCUT2D eigenvalue weighted by Gasteiger charge is -2.23. The average Bonchev–Trinajstić information content (AvgIpc) is 2.24. The van der Waals surface area contributed by atoms with Gasteiger partial charge in [-0.25, -0.2) is 8.78 Å². The normalized spacial score (nSPS) is 12.9. The highest BCUT2D eigenvalue weighted by Crippen LogP contribution is 2.10. The molecule has 96 valence electrons. The van der Waals surface area contributed by atoms with Gasteiger partial charge in [0, 0.05) is 13.0 Å². The molecule has 1 atom stereocenters. The van der Waals surface area contributed by atoms with Crippen LogP contribution in [0.1, 0.15) is 19.8 Å². The molecule has 1 amide bonds. The summed E-state index contributed by atoms with van der Waals surface area (Å²) in [6.07, 6.45) is -1.67. The van der Waals surface area contributed by atoms with Gasteiger partial charge < -0.3 is 15.7 Å². The van der Waals surface area contributed by atoms with Crippen LogP contribution in [0.25, 0.3) is 0 Å². The lowest BCUT2D eigenvalue weighted by molar-refractivity contribution is -0.134. The van der Waals surface area contributed by atoms with Crippen LogP contribution in [-0.2, 0) is 4.79 Å². The summed E-state index contributed by atoms with van der Waals surface area (Å²) in [5.41, 5.74) is 5.44. The summed E-state index contributed by atoms with van der Waals surface area (Å²) < 4.78 is 24.3. The van der Waals surface area contributed by atoms with Crippen LogP contribution < -0.4 is 5.73 Å². The summed E-state index contributed by atoms with van der Waals surface area (Å²) in [6.45, 7) is 1.28. The second-order valence-corrected chi connectivity index (χ2v) is 3.67. The first-order valence-corrected chi connectivity index (χ1v) is 5.41. The van der Waals surface area contributed by atoms with E-state index in [9.17, 15) is 13.6 Å². The van der Waals surface area contributed by atoms with E-state index in [4.69, 9.17) is 10.8 Å². The third-order valence-corrected chi connectivity index (χ3v) is 2.46. The molecule has 0 aromatic carbocycles. The third-order valence-electron chi connectivity index (χ3n) is 2.46. The zero-order valence-electron chi connectivity index (χ0n) is 9.53. The van der Waals surface area contributed by atoms with Gasteiger partial charge in [0.1, 0.15) is 0 Å². The molecule has 0 saturated heterocycles. The third kappa shape index (κ3) is 5.97. The smallest absolute Gasteiger partial charge is 0.255 e. The highest BCUT2D eigenvalue weighted by atomic mass is 19.3. The summed E-state index contributed by atoms with van der Waals surface area (Å²) in [5.74, 6) is -0.349. The van der Waals surface area contributed by atoms with Crippen molar-refractivity contribution < 1.29 is 18.7 Å². The Kier molecular flexibility index (Phi) is 8.01. The van der Waals surface area contributed by atoms with Gasteiger partial charge in [0.2, 0.25) is 5.91 Å². The topological polar surface area (TPSA) is 66.6 Å². The average molecular weight is 238 g/mol. The molecular formula is C10H20F2N2O2. The van der Waals surface area contributed by atoms with Crippen LogP contribution in [0, 0.1) is 5.92 Å². The number of carbonyl (C=O) groups excluding carboxylic acids is 1. The van der Waals surface area contributed by atoms with Crippen molar-refractivity contribution in [2.45, 2.75) is 26.2 Å². The first-order valence-electron chi connectivity index (χ1n) is 5.41. The van der Waals surface area contributed by atoms with Crippen LogP contribution in [-0.4, -0.2) is 48.6 Å². The summed E-state index contributed by atoms with van der Waals surface area (Å²) in [7, 11) is 0. The molecule has 0 aliphatic rings. The highest BCUT2D eigenvalue weighted by molar-refractivity contribution is 5.76. The van der Waals surface area contributed by atoms with Gasteiger partial charge in [0.25, 0.3) is 6.43 Å². The van der Waals surface area contributed by atoms with Gasteiger partial charge in [-0.1, -0.05) is 13.3 Å². The number of halogens is 2. The number of aliphatic hydroxyl groups is 1. The van der Waals surface area contributed by atoms with E-state index < -0.39 is 13.0 Å². The van der Waals surface area contributed by atoms with Crippen LogP contribution in [0.3, 0.4) is 0 Å². The Balaban J connectivity index is 4.25. The van der Waals surface area contributed by atoms with E-state index in [1.54, 1.807) is 0 Å². The van der Waals surface area contributed by atoms with E-state index in [-0.39, 0.29) is 31.4 Å². The lowest BCUT2D eigenvalue weighted by atomic mass is 10.0. The Morgan fingerprint density at radius 1 is 1.50 bits per heavy atom. The van der Waals surface area contributed by atoms with Crippen LogP contribution >= 0.6 is 0 Å². The molecule has 0 bridgehead atoms. The van der Waals surface area contributed by atoms with Crippen molar-refractivity contribution >= 4 is 5.91 Å². The Bertz CT molecular complexity index is 199. The highest BCUT2D eigenvalue weighted by Gasteiger charge is 2.20. The largest absolute Gasteiger partial charge is 0.395 e. The fraction of sp³-hybridized carbons (Fsp3) is 0.900. The van der Waals surface area contributed by atoms with E-state index in [0.29, 0.717) is 6.54 Å². The van der Waals surface area contributed by atoms with E-state index in [2.05, 4.69) is 0 Å². The molecule has 0 aliphatic carbocycles. The molecule has 0 aromatic rings. The number of nitrogens with zero attached hydrogens (tertiary/aromatic N) is 1. The van der Waals surface area contributed by atoms with Gasteiger partial charge in [-0.3, -0.25) is 4.79 Å². The van der Waals surface area contributed by atoms with Crippen LogP contribution in [0.15, 0.2) is 0 Å². The molecule has 1 unspecified atom stereocenters. The Morgan fingerprint density at radius 3 is 2.50 bits per heavy atom. The van der Waals surface area contributed by atoms with Crippen molar-refractivity contribution in [2.24, 2.45) is 11.7 Å². The monoisotopic (exact) mass is 238 g/mol. The Hall–Kier alpha value is -0.750. The predicted molar refractivity (Wildman–Crippen MR) is 57.1 cm³/mol. The van der Waals surface area contributed by atoms with Gasteiger partial charge >= 0.3 is 0 Å². The number of carbonyl (C=O) groups is 1. The molecule has 3 N–H and O–H groups in total. The second kappa shape index (κ2) is 8.41. The molecule has 0 aliphatic heterocycles. The van der Waals surface area contributed by atoms with Crippen molar-refractivity contribution in [1.82, 2.24) is 4.90 Å². The minimum absolute atomic E-state index is 0.0198. The molecule has 0 heterocycles. The molecule has 0 rings (SSSR count). The number of hydrogen-bond donors (Lipinski definition) is 2. The zero-order valence-corrected chi connectivity index (χ0v) is 9.53. The molecule has 6 heteroatoms. The van der Waals surface area contributed by atoms with E-state index in [1.165, 1.54) is 0 Å². The van der Waals surface area contributed by atoms with Crippen LogP contribution in [0.4, 0.5) is 8.78 Å². The van der Waals surface area contributed by atoms with E-state index in [0.717, 1.165) is 11.3 Å². The predicted octanol–water partition coefficient (Wildman–Crippen LogP) is 0.447. The molecular weight excluding hydrogens is 218 g/mol. The quantitative estimate of drug-likeness (QED) is 0.645. The van der Waals surface area contributed by atoms with Crippen LogP contribution in [0.2, 0.25) is 0 Å². The van der Waals surface area contributed by atoms with Crippen molar-refractivity contribution in [3.8, 4) is 0 Å². The van der Waals surface area contributed by atoms with Crippen molar-refractivity contribution in [2.75, 3.05) is 26.2 Å². The minimum atomic E-state index is -2.58. The number of rotatable bonds is 8. The summed E-state index contributed by atoms with van der Waals surface area (Å²) in [6, 6.07) is 0. The molecule has 0 radical (unpaired) electrons. The fourth-order valence-electron chi connectivity index (χ4n) is 1.38. The summed E-state index contributed by atoms with van der Waals surface area (Å²) >= 11 is 0. The van der Waals surface area contributed by atoms with Gasteiger partial charge in [-0.2, -0.15) is 0 Å². The van der Waals surface area contributed by atoms with E-state index >= 15 is 0 Å². The molecule has 4 nitrogen and oxygen atoms in total. The maximum atomic E-state index is 12.2. The van der Waals surface area contributed by atoms with Gasteiger partial charge in [0.15, 0.2) is 0 Å². The zero-order chi connectivity index (χ0) is 12.6. The maximum Gasteiger partial charge on any atom is 0.255 e. The molecule has 0 aromatic heterocycles. The molecule has 0 fully saturated rings. The number of nitrogens with two attached hydrogens (primary N) is 1. The SMILES string of the molecule is CCC(CN)CC(=O)N(CCO)CC(F)F. The van der Waals surface area contributed by atoms with Crippen molar-refractivity contribution in [3.63, 3.8) is 0 Å². The molecule has 0 saturated carbocycles. The van der Waals surface area contributed by atoms with Gasteiger partial charge in [-0.05, 0) is 12.5 Å². The van der Waals surface area contributed by atoms with Gasteiger partial charge in [0.05, 0.1) is 13.2 Å². The van der Waals surface area contributed by atoms with Gasteiger partial charge in [-0.15, -0.1) is 0 Å². The Morgan fingerprint density at radius 2 is 2.12 bits per heavy atom. The number of aliphatic hydroxyl groups excluding tert-OH is 1. The first-order chi connectivity index (χ1) is 7.54. The van der Waals surface area contributed by atoms with Crippen LogP contribution in [0.5, 0.6) is 0 Å². The number of amides is 1. The van der Waals surface area contributed by atoms with Crippen molar-refractivity contribution in [3.05, 3.63) is 0 Å². The number of alkyl halides is 2.